The van der Waals surface area contributed by atoms with Crippen LogP contribution in [0.15, 0.2) is 30.3 Å². The molecule has 1 aromatic carbocycles. The number of aryl methyl sites for hydroxylation is 2. The number of nitrogens with one attached hydrogen (secondary N) is 2. The Morgan fingerprint density at radius 1 is 1.21 bits per heavy atom. The number of hydrogen-bond donors (Lipinski definition) is 2. The average Bonchev–Trinajstić information content (AvgIpc) is 3.33. The summed E-state index contributed by atoms with van der Waals surface area (Å²) >= 11 is 3.15. The van der Waals surface area contributed by atoms with Gasteiger partial charge in [-0.25, -0.2) is 4.98 Å². The standard InChI is InChI=1S/C21H23N3O2S2/c1-2-13-7-8-16-14(11-13)12-18(27-16)21(26)24-23-19(25)9-10-20-22-15-5-3-4-6-17(15)28-20/h3-6,12-13H,2,7-11H2,1H3,(H,23,25)(H,24,26)/t13-/m0/s1. The van der Waals surface area contributed by atoms with E-state index in [4.69, 9.17) is 0 Å². The number of thiazole rings is 1. The van der Waals surface area contributed by atoms with Crippen molar-refractivity contribution in [2.24, 2.45) is 5.92 Å². The van der Waals surface area contributed by atoms with Gasteiger partial charge in [0.15, 0.2) is 0 Å². The van der Waals surface area contributed by atoms with Crippen molar-refractivity contribution in [2.75, 3.05) is 0 Å². The molecule has 2 aromatic heterocycles. The molecule has 1 aliphatic rings. The molecular formula is C21H23N3O2S2. The van der Waals surface area contributed by atoms with Gasteiger partial charge in [0, 0.05) is 17.7 Å². The normalized spacial score (nSPS) is 16.0. The van der Waals surface area contributed by atoms with Crippen LogP contribution in [-0.2, 0) is 24.1 Å². The second-order valence-electron chi connectivity index (χ2n) is 7.15. The lowest BCUT2D eigenvalue weighted by Crippen LogP contribution is -2.41. The van der Waals surface area contributed by atoms with Crippen LogP contribution in [0, 0.1) is 5.92 Å². The number of carbonyl (C=O) groups excluding carboxylic acids is 2. The minimum absolute atomic E-state index is 0.208. The number of para-hydroxylation sites is 1. The van der Waals surface area contributed by atoms with E-state index in [0.717, 1.165) is 34.0 Å². The minimum Gasteiger partial charge on any atom is -0.273 e. The van der Waals surface area contributed by atoms with Crippen molar-refractivity contribution in [2.45, 2.75) is 45.4 Å². The van der Waals surface area contributed by atoms with E-state index in [1.807, 2.05) is 30.3 Å². The summed E-state index contributed by atoms with van der Waals surface area (Å²) in [7, 11) is 0. The van der Waals surface area contributed by atoms with Gasteiger partial charge in [-0.1, -0.05) is 25.5 Å². The number of hydrazine groups is 1. The second kappa shape index (κ2) is 8.41. The molecule has 4 rings (SSSR count). The number of hydrogen-bond acceptors (Lipinski definition) is 5. The van der Waals surface area contributed by atoms with Gasteiger partial charge in [0.1, 0.15) is 0 Å². The number of carbonyl (C=O) groups is 2. The second-order valence-corrected chi connectivity index (χ2v) is 9.41. The monoisotopic (exact) mass is 413 g/mol. The van der Waals surface area contributed by atoms with Gasteiger partial charge in [-0.3, -0.25) is 20.4 Å². The lowest BCUT2D eigenvalue weighted by atomic mass is 9.87. The Balaban J connectivity index is 1.27. The lowest BCUT2D eigenvalue weighted by Gasteiger charge is -2.19. The first-order chi connectivity index (χ1) is 13.6. The summed E-state index contributed by atoms with van der Waals surface area (Å²) in [6, 6.07) is 9.93. The van der Waals surface area contributed by atoms with Crippen LogP contribution in [0.1, 0.15) is 51.3 Å². The molecule has 0 fully saturated rings. The molecule has 1 atom stereocenters. The Morgan fingerprint density at radius 3 is 2.89 bits per heavy atom. The third-order valence-corrected chi connectivity index (χ3v) is 7.54. The maximum absolute atomic E-state index is 12.4. The van der Waals surface area contributed by atoms with Crippen LogP contribution in [0.25, 0.3) is 10.2 Å². The molecule has 0 saturated carbocycles. The van der Waals surface area contributed by atoms with E-state index in [2.05, 4.69) is 22.8 Å². The highest BCUT2D eigenvalue weighted by Crippen LogP contribution is 2.33. The Labute approximate surface area is 172 Å². The summed E-state index contributed by atoms with van der Waals surface area (Å²) in [5.74, 6) is 0.279. The first-order valence-corrected chi connectivity index (χ1v) is 11.3. The van der Waals surface area contributed by atoms with Crippen LogP contribution in [0.5, 0.6) is 0 Å². The molecule has 0 saturated heterocycles. The molecule has 28 heavy (non-hydrogen) atoms. The van der Waals surface area contributed by atoms with E-state index in [1.165, 1.54) is 23.3 Å². The summed E-state index contributed by atoms with van der Waals surface area (Å²) in [4.78, 5) is 31.0. The first-order valence-electron chi connectivity index (χ1n) is 9.67. The predicted octanol–water partition coefficient (Wildman–Crippen LogP) is 4.27. The summed E-state index contributed by atoms with van der Waals surface area (Å²) in [6.45, 7) is 2.22. The first kappa shape index (κ1) is 19.1. The minimum atomic E-state index is -0.235. The molecule has 0 unspecified atom stereocenters. The zero-order valence-corrected chi connectivity index (χ0v) is 17.4. The van der Waals surface area contributed by atoms with E-state index >= 15 is 0 Å². The van der Waals surface area contributed by atoms with Crippen LogP contribution in [0.4, 0.5) is 0 Å². The van der Waals surface area contributed by atoms with E-state index in [9.17, 15) is 9.59 Å². The number of fused-ring (bicyclic) bond motifs is 2. The number of benzene rings is 1. The van der Waals surface area contributed by atoms with Crippen molar-refractivity contribution in [1.29, 1.82) is 0 Å². The van der Waals surface area contributed by atoms with Crippen molar-refractivity contribution in [3.8, 4) is 0 Å². The van der Waals surface area contributed by atoms with Crippen LogP contribution in [0.2, 0.25) is 0 Å². The molecule has 2 heterocycles. The van der Waals surface area contributed by atoms with Crippen molar-refractivity contribution in [3.63, 3.8) is 0 Å². The lowest BCUT2D eigenvalue weighted by molar-refractivity contribution is -0.121. The largest absolute Gasteiger partial charge is 0.279 e. The summed E-state index contributed by atoms with van der Waals surface area (Å²) in [5, 5.41) is 0.930. The van der Waals surface area contributed by atoms with Gasteiger partial charge in [-0.2, -0.15) is 0 Å². The molecule has 1 aliphatic carbocycles. The highest BCUT2D eigenvalue weighted by atomic mass is 32.1. The Bertz CT molecular complexity index is 975. The summed E-state index contributed by atoms with van der Waals surface area (Å²) in [5.41, 5.74) is 7.34. The highest BCUT2D eigenvalue weighted by Gasteiger charge is 2.22. The molecule has 0 aliphatic heterocycles. The summed E-state index contributed by atoms with van der Waals surface area (Å²) < 4.78 is 1.12. The number of aromatic nitrogens is 1. The third kappa shape index (κ3) is 4.25. The fraction of sp³-hybridized carbons (Fsp3) is 0.381. The maximum Gasteiger partial charge on any atom is 0.279 e. The predicted molar refractivity (Wildman–Crippen MR) is 114 cm³/mol. The molecule has 2 N–H and O–H groups in total. The Hall–Kier alpha value is -2.25. The van der Waals surface area contributed by atoms with Gasteiger partial charge < -0.3 is 0 Å². The fourth-order valence-electron chi connectivity index (χ4n) is 3.56. The SMILES string of the molecule is CC[C@H]1CCc2sc(C(=O)NNC(=O)CCc3nc4ccccc4s3)cc2C1. The molecule has 3 aromatic rings. The van der Waals surface area contributed by atoms with Crippen LogP contribution in [-0.4, -0.2) is 16.8 Å². The van der Waals surface area contributed by atoms with E-state index in [1.54, 1.807) is 22.7 Å². The maximum atomic E-state index is 12.4. The zero-order valence-electron chi connectivity index (χ0n) is 15.8. The van der Waals surface area contributed by atoms with E-state index in [-0.39, 0.29) is 11.8 Å². The fourth-order valence-corrected chi connectivity index (χ4v) is 5.63. The van der Waals surface area contributed by atoms with Gasteiger partial charge in [0.05, 0.1) is 20.1 Å². The van der Waals surface area contributed by atoms with Gasteiger partial charge in [0.2, 0.25) is 5.91 Å². The molecule has 0 radical (unpaired) electrons. The molecule has 146 valence electrons. The van der Waals surface area contributed by atoms with Crippen LogP contribution in [0.3, 0.4) is 0 Å². The number of thiophene rings is 1. The highest BCUT2D eigenvalue weighted by molar-refractivity contribution is 7.18. The molecule has 0 spiro atoms. The van der Waals surface area contributed by atoms with Gasteiger partial charge in [-0.05, 0) is 48.9 Å². The van der Waals surface area contributed by atoms with Gasteiger partial charge >= 0.3 is 0 Å². The molecule has 7 heteroatoms. The van der Waals surface area contributed by atoms with Gasteiger partial charge in [-0.15, -0.1) is 22.7 Å². The van der Waals surface area contributed by atoms with Crippen molar-refractivity contribution in [1.82, 2.24) is 15.8 Å². The zero-order chi connectivity index (χ0) is 19.5. The van der Waals surface area contributed by atoms with E-state index < -0.39 is 0 Å². The molecular weight excluding hydrogens is 390 g/mol. The molecule has 0 bridgehead atoms. The number of nitrogens with zero attached hydrogens (tertiary/aromatic N) is 1. The average molecular weight is 414 g/mol. The van der Waals surface area contributed by atoms with E-state index in [0.29, 0.717) is 17.7 Å². The van der Waals surface area contributed by atoms with Crippen molar-refractivity contribution < 1.29 is 9.59 Å². The number of rotatable bonds is 5. The Kier molecular flexibility index (Phi) is 5.73. The number of amides is 2. The molecule has 2 amide bonds. The van der Waals surface area contributed by atoms with Crippen molar-refractivity contribution in [3.05, 3.63) is 50.7 Å². The van der Waals surface area contributed by atoms with Crippen LogP contribution < -0.4 is 10.9 Å². The van der Waals surface area contributed by atoms with Crippen LogP contribution >= 0.6 is 22.7 Å². The summed E-state index contributed by atoms with van der Waals surface area (Å²) in [6.07, 6.45) is 5.35. The quantitative estimate of drug-likeness (QED) is 0.614. The molecule has 5 nitrogen and oxygen atoms in total. The topological polar surface area (TPSA) is 71.1 Å². The van der Waals surface area contributed by atoms with Crippen molar-refractivity contribution >= 4 is 44.7 Å². The Morgan fingerprint density at radius 2 is 2.07 bits per heavy atom. The van der Waals surface area contributed by atoms with Gasteiger partial charge in [0.25, 0.3) is 5.91 Å². The smallest absolute Gasteiger partial charge is 0.273 e. The third-order valence-electron chi connectivity index (χ3n) is 5.21.